The van der Waals surface area contributed by atoms with E-state index in [0.29, 0.717) is 18.1 Å². The quantitative estimate of drug-likeness (QED) is 0.222. The first-order valence-corrected chi connectivity index (χ1v) is 14.2. The number of ether oxygens (including phenoxy) is 1. The molecule has 8 nitrogen and oxygen atoms in total. The van der Waals surface area contributed by atoms with E-state index in [1.54, 1.807) is 13.3 Å². The van der Waals surface area contributed by atoms with E-state index in [9.17, 15) is 4.79 Å². The molecule has 2 aliphatic rings. The van der Waals surface area contributed by atoms with Gasteiger partial charge in [-0.3, -0.25) is 9.59 Å². The summed E-state index contributed by atoms with van der Waals surface area (Å²) in [5, 5.41) is 0. The summed E-state index contributed by atoms with van der Waals surface area (Å²) in [6.07, 6.45) is 24.4. The van der Waals surface area contributed by atoms with Crippen LogP contribution in [-0.4, -0.2) is 59.3 Å². The molecular formula is C31H51N5O3. The van der Waals surface area contributed by atoms with Crippen LogP contribution >= 0.6 is 0 Å². The smallest absolute Gasteiger partial charge is 0.222 e. The first kappa shape index (κ1) is 35.8. The Morgan fingerprint density at radius 3 is 2.31 bits per heavy atom. The molecule has 2 aromatic heterocycles. The zero-order chi connectivity index (χ0) is 29.5. The van der Waals surface area contributed by atoms with Crippen molar-refractivity contribution in [1.82, 2.24) is 19.9 Å². The number of aromatic amines is 1. The number of ketones is 1. The minimum absolute atomic E-state index is 0.250. The van der Waals surface area contributed by atoms with Crippen LogP contribution in [0, 0.1) is 18.3 Å². The number of hydrogen-bond acceptors (Lipinski definition) is 6. The summed E-state index contributed by atoms with van der Waals surface area (Å²) in [6.45, 7) is 8.62. The number of aryl methyl sites for hydroxylation is 1. The second kappa shape index (κ2) is 21.7. The Balaban J connectivity index is 0.000000738. The molecule has 3 N–H and O–H groups in total. The maximum atomic E-state index is 11.2. The van der Waals surface area contributed by atoms with Gasteiger partial charge in [-0.1, -0.05) is 33.6 Å². The zero-order valence-electron chi connectivity index (χ0n) is 24.9. The number of nitrogens with zero attached hydrogens (tertiary/aromatic N) is 3. The Hall–Kier alpha value is -3.18. The van der Waals surface area contributed by atoms with Gasteiger partial charge in [0.05, 0.1) is 24.6 Å². The first-order chi connectivity index (χ1) is 19.0. The lowest BCUT2D eigenvalue weighted by Gasteiger charge is -2.28. The molecule has 1 saturated heterocycles. The van der Waals surface area contributed by atoms with Crippen molar-refractivity contribution in [2.75, 3.05) is 27.2 Å². The zero-order valence-corrected chi connectivity index (χ0v) is 24.9. The summed E-state index contributed by atoms with van der Waals surface area (Å²) < 4.78 is 5.28. The Morgan fingerprint density at radius 2 is 1.74 bits per heavy atom. The third-order valence-corrected chi connectivity index (χ3v) is 6.90. The lowest BCUT2D eigenvalue weighted by Crippen LogP contribution is -2.30. The number of amides is 1. The number of unbranched alkanes of at least 4 members (excludes halogenated alkanes) is 3. The number of carbonyl (C=O) groups excluding carboxylic acids is 2. The molecule has 0 aromatic carbocycles. The SMILES string of the molecule is C#C.CC.CCC(=O)CCCCCCc1ncc(-c2cccnc2OC)[nH]1.CN1CCC2(CC1)CC2.NC=O. The largest absolute Gasteiger partial charge is 0.481 e. The normalized spacial score (nSPS) is 14.4. The van der Waals surface area contributed by atoms with Crippen LogP contribution in [-0.2, 0) is 16.0 Å². The van der Waals surface area contributed by atoms with Crippen molar-refractivity contribution >= 4 is 12.2 Å². The van der Waals surface area contributed by atoms with Crippen LogP contribution in [0.5, 0.6) is 5.88 Å². The van der Waals surface area contributed by atoms with E-state index in [4.69, 9.17) is 9.53 Å². The van der Waals surface area contributed by atoms with E-state index in [-0.39, 0.29) is 6.41 Å². The van der Waals surface area contributed by atoms with E-state index in [1.807, 2.05) is 39.1 Å². The predicted octanol–water partition coefficient (Wildman–Crippen LogP) is 5.82. The molecule has 8 heteroatoms. The van der Waals surface area contributed by atoms with Crippen LogP contribution in [0.25, 0.3) is 11.3 Å². The van der Waals surface area contributed by atoms with Crippen LogP contribution in [0.3, 0.4) is 0 Å². The van der Waals surface area contributed by atoms with Crippen molar-refractivity contribution in [2.24, 2.45) is 11.1 Å². The topological polar surface area (TPSA) is 114 Å². The highest BCUT2D eigenvalue weighted by Gasteiger charge is 2.43. The summed E-state index contributed by atoms with van der Waals surface area (Å²) in [7, 11) is 3.85. The fraction of sp³-hybridized carbons (Fsp3) is 0.613. The van der Waals surface area contributed by atoms with Gasteiger partial charge in [-0.25, -0.2) is 9.97 Å². The van der Waals surface area contributed by atoms with Gasteiger partial charge in [0, 0.05) is 25.5 Å². The van der Waals surface area contributed by atoms with Gasteiger partial charge in [-0.05, 0) is 76.2 Å². The van der Waals surface area contributed by atoms with Crippen LogP contribution in [0.2, 0.25) is 0 Å². The minimum atomic E-state index is 0.250. The van der Waals surface area contributed by atoms with E-state index in [0.717, 1.165) is 61.0 Å². The summed E-state index contributed by atoms with van der Waals surface area (Å²) in [4.78, 5) is 34.2. The van der Waals surface area contributed by atoms with E-state index >= 15 is 0 Å². The van der Waals surface area contributed by atoms with Crippen molar-refractivity contribution in [1.29, 1.82) is 0 Å². The van der Waals surface area contributed by atoms with Crippen LogP contribution in [0.1, 0.15) is 90.8 Å². The molecule has 0 atom stereocenters. The molecule has 1 aliphatic heterocycles. The van der Waals surface area contributed by atoms with E-state index in [1.165, 1.54) is 38.8 Å². The highest BCUT2D eigenvalue weighted by atomic mass is 16.5. The van der Waals surface area contributed by atoms with Crippen molar-refractivity contribution < 1.29 is 14.3 Å². The maximum absolute atomic E-state index is 11.2. The average molecular weight is 542 g/mol. The number of terminal acetylenes is 1. The van der Waals surface area contributed by atoms with Gasteiger partial charge >= 0.3 is 0 Å². The van der Waals surface area contributed by atoms with Crippen molar-refractivity contribution in [3.8, 4) is 30.0 Å². The van der Waals surface area contributed by atoms with Gasteiger partial charge < -0.3 is 20.4 Å². The lowest BCUT2D eigenvalue weighted by atomic mass is 9.94. The minimum Gasteiger partial charge on any atom is -0.481 e. The summed E-state index contributed by atoms with van der Waals surface area (Å²) >= 11 is 0. The van der Waals surface area contributed by atoms with Crippen LogP contribution < -0.4 is 10.5 Å². The Morgan fingerprint density at radius 1 is 1.13 bits per heavy atom. The molecule has 0 bridgehead atoms. The molecule has 1 saturated carbocycles. The average Bonchev–Trinajstić information content (AvgIpc) is 3.58. The number of carbonyl (C=O) groups is 2. The highest BCUT2D eigenvalue weighted by Crippen LogP contribution is 2.53. The number of pyridine rings is 1. The third kappa shape index (κ3) is 14.5. The van der Waals surface area contributed by atoms with Gasteiger partial charge in [0.25, 0.3) is 0 Å². The molecule has 218 valence electrons. The number of aromatic nitrogens is 3. The Bertz CT molecular complexity index is 927. The summed E-state index contributed by atoms with van der Waals surface area (Å²) in [6, 6.07) is 3.85. The van der Waals surface area contributed by atoms with Gasteiger partial charge in [0.2, 0.25) is 12.3 Å². The molecule has 1 spiro atoms. The van der Waals surface area contributed by atoms with Crippen molar-refractivity contribution in [3.63, 3.8) is 0 Å². The molecule has 2 fully saturated rings. The van der Waals surface area contributed by atoms with Crippen molar-refractivity contribution in [3.05, 3.63) is 30.4 Å². The molecule has 4 rings (SSSR count). The molecular weight excluding hydrogens is 490 g/mol. The number of H-pyrrole nitrogens is 1. The fourth-order valence-corrected chi connectivity index (χ4v) is 4.30. The Kier molecular flexibility index (Phi) is 20.0. The third-order valence-electron chi connectivity index (χ3n) is 6.90. The number of nitrogens with one attached hydrogen (secondary N) is 1. The van der Waals surface area contributed by atoms with Crippen molar-refractivity contribution in [2.45, 2.75) is 91.4 Å². The number of likely N-dealkylation sites (tertiary alicyclic amines) is 1. The fourth-order valence-electron chi connectivity index (χ4n) is 4.30. The number of methoxy groups -OCH3 is 1. The second-order valence-electron chi connectivity index (χ2n) is 9.55. The number of primary amides is 1. The highest BCUT2D eigenvalue weighted by molar-refractivity contribution is 5.77. The predicted molar refractivity (Wildman–Crippen MR) is 160 cm³/mol. The van der Waals surface area contributed by atoms with Gasteiger partial charge in [0.15, 0.2) is 0 Å². The number of nitrogens with two attached hydrogens (primary N) is 1. The lowest BCUT2D eigenvalue weighted by molar-refractivity contribution is -0.118. The molecule has 39 heavy (non-hydrogen) atoms. The molecule has 3 heterocycles. The number of rotatable bonds is 10. The molecule has 2 aromatic rings. The monoisotopic (exact) mass is 541 g/mol. The molecule has 1 amide bonds. The number of imidazole rings is 1. The molecule has 1 aliphatic carbocycles. The van der Waals surface area contributed by atoms with Crippen LogP contribution in [0.15, 0.2) is 24.5 Å². The van der Waals surface area contributed by atoms with E-state index < -0.39 is 0 Å². The number of hydrogen-bond donors (Lipinski definition) is 2. The summed E-state index contributed by atoms with van der Waals surface area (Å²) in [5.74, 6) is 1.95. The van der Waals surface area contributed by atoms with Gasteiger partial charge in [-0.2, -0.15) is 0 Å². The second-order valence-corrected chi connectivity index (χ2v) is 9.55. The van der Waals surface area contributed by atoms with Gasteiger partial charge in [0.1, 0.15) is 11.6 Å². The van der Waals surface area contributed by atoms with Gasteiger partial charge in [-0.15, -0.1) is 12.8 Å². The molecule has 0 unspecified atom stereocenters. The maximum Gasteiger partial charge on any atom is 0.222 e. The number of piperidine rings is 1. The number of Topliss-reactive ketones (excluding diaryl/α,β-unsaturated/α-hetero) is 1. The molecule has 0 radical (unpaired) electrons. The first-order valence-electron chi connectivity index (χ1n) is 14.2. The summed E-state index contributed by atoms with van der Waals surface area (Å²) in [5.41, 5.74) is 6.89. The van der Waals surface area contributed by atoms with E-state index in [2.05, 4.69) is 45.5 Å². The van der Waals surface area contributed by atoms with Crippen LogP contribution in [0.4, 0.5) is 0 Å². The Labute approximate surface area is 236 Å². The standard InChI is InChI=1S/C18H25N3O2.C8H15N.C2H6.C2H2.CH3NO/c1-3-14(22)9-6-4-5-7-11-17-20-13-16(21-17)15-10-8-12-19-18(15)23-2;1-9-6-4-8(2-3-8)5-7-9;2*1-2;2-1-3/h8,10,12-13H,3-7,9,11H2,1-2H3,(H,20,21);2-7H2,1H3;1-2H3;1-2H;1H,(H2,2,3).